The van der Waals surface area contributed by atoms with Crippen LogP contribution in [0.2, 0.25) is 0 Å². The number of aromatic nitrogens is 2. The summed E-state index contributed by atoms with van der Waals surface area (Å²) < 4.78 is 0. The molecule has 0 unspecified atom stereocenters. The number of nitrogens with zero attached hydrogens (tertiary/aromatic N) is 3. The molecule has 0 amide bonds. The van der Waals surface area contributed by atoms with Gasteiger partial charge in [-0.05, 0) is 35.7 Å². The highest BCUT2D eigenvalue weighted by atomic mass is 15.1. The number of nitrogen functional groups attached to an aromatic ring is 1. The molecular weight excluding hydrogens is 308 g/mol. The topological polar surface area (TPSA) is 55.0 Å². The molecular formula is C21H26N4. The zero-order chi connectivity index (χ0) is 18.0. The lowest BCUT2D eigenvalue weighted by Crippen LogP contribution is -2.19. The molecule has 2 N–H and O–H groups in total. The van der Waals surface area contributed by atoms with Gasteiger partial charge in [-0.1, -0.05) is 57.2 Å². The van der Waals surface area contributed by atoms with Crippen LogP contribution in [-0.2, 0) is 18.5 Å². The van der Waals surface area contributed by atoms with Crippen molar-refractivity contribution in [1.29, 1.82) is 0 Å². The Morgan fingerprint density at radius 2 is 1.60 bits per heavy atom. The molecule has 1 heterocycles. The van der Waals surface area contributed by atoms with Crippen molar-refractivity contribution in [2.75, 3.05) is 12.8 Å². The first-order chi connectivity index (χ1) is 11.8. The number of anilines is 1. The average molecular weight is 334 g/mol. The van der Waals surface area contributed by atoms with Gasteiger partial charge in [-0.3, -0.25) is 4.90 Å². The molecule has 4 heteroatoms. The highest BCUT2D eigenvalue weighted by Gasteiger charge is 2.13. The van der Waals surface area contributed by atoms with E-state index in [0.717, 1.165) is 23.3 Å². The fourth-order valence-corrected chi connectivity index (χ4v) is 2.94. The van der Waals surface area contributed by atoms with Gasteiger partial charge in [-0.15, -0.1) is 0 Å². The largest absolute Gasteiger partial charge is 0.383 e. The van der Waals surface area contributed by atoms with Gasteiger partial charge in [0.05, 0.1) is 12.1 Å². The van der Waals surface area contributed by atoms with E-state index in [1.54, 1.807) is 0 Å². The van der Waals surface area contributed by atoms with E-state index in [9.17, 15) is 0 Å². The molecule has 0 radical (unpaired) electrons. The van der Waals surface area contributed by atoms with E-state index < -0.39 is 0 Å². The standard InChI is InChI=1S/C21H26N4/c1-21(2,3)16-11-9-15(10-12-16)13-25(4)14-19-23-18-8-6-5-7-17(18)20(22)24-19/h5-12H,13-14H2,1-4H3,(H2,22,23,24). The highest BCUT2D eigenvalue weighted by molar-refractivity contribution is 5.87. The van der Waals surface area contributed by atoms with Crippen LogP contribution in [0.4, 0.5) is 5.82 Å². The predicted octanol–water partition coefficient (Wildman–Crippen LogP) is 4.14. The third-order valence-corrected chi connectivity index (χ3v) is 4.36. The molecule has 0 fully saturated rings. The van der Waals surface area contributed by atoms with Gasteiger partial charge in [-0.2, -0.15) is 0 Å². The van der Waals surface area contributed by atoms with Crippen molar-refractivity contribution in [3.05, 3.63) is 65.5 Å². The van der Waals surface area contributed by atoms with E-state index in [0.29, 0.717) is 12.4 Å². The van der Waals surface area contributed by atoms with Crippen molar-refractivity contribution < 1.29 is 0 Å². The molecule has 0 bridgehead atoms. The van der Waals surface area contributed by atoms with Crippen LogP contribution >= 0.6 is 0 Å². The van der Waals surface area contributed by atoms with E-state index in [-0.39, 0.29) is 5.41 Å². The molecule has 3 rings (SSSR count). The Kier molecular flexibility index (Phi) is 4.73. The fourth-order valence-electron chi connectivity index (χ4n) is 2.94. The number of para-hydroxylation sites is 1. The monoisotopic (exact) mass is 334 g/mol. The zero-order valence-electron chi connectivity index (χ0n) is 15.5. The van der Waals surface area contributed by atoms with E-state index in [1.807, 2.05) is 24.3 Å². The summed E-state index contributed by atoms with van der Waals surface area (Å²) in [6, 6.07) is 16.7. The van der Waals surface area contributed by atoms with Crippen molar-refractivity contribution in [3.63, 3.8) is 0 Å². The van der Waals surface area contributed by atoms with Crippen LogP contribution in [-0.4, -0.2) is 21.9 Å². The van der Waals surface area contributed by atoms with Crippen molar-refractivity contribution >= 4 is 16.7 Å². The molecule has 0 aliphatic heterocycles. The number of fused-ring (bicyclic) bond motifs is 1. The number of benzene rings is 2. The first kappa shape index (κ1) is 17.4. The van der Waals surface area contributed by atoms with Gasteiger partial charge in [0, 0.05) is 11.9 Å². The maximum atomic E-state index is 6.07. The Bertz CT molecular complexity index is 863. The summed E-state index contributed by atoms with van der Waals surface area (Å²) in [4.78, 5) is 11.3. The number of rotatable bonds is 4. The molecule has 25 heavy (non-hydrogen) atoms. The average Bonchev–Trinajstić information content (AvgIpc) is 2.54. The Morgan fingerprint density at radius 1 is 0.920 bits per heavy atom. The van der Waals surface area contributed by atoms with Crippen LogP contribution in [0.5, 0.6) is 0 Å². The minimum atomic E-state index is 0.181. The Hall–Kier alpha value is -2.46. The molecule has 0 saturated heterocycles. The molecule has 3 aromatic rings. The second-order valence-electron chi connectivity index (χ2n) is 7.66. The van der Waals surface area contributed by atoms with Crippen molar-refractivity contribution in [3.8, 4) is 0 Å². The first-order valence-corrected chi connectivity index (χ1v) is 8.62. The van der Waals surface area contributed by atoms with Crippen LogP contribution in [0.3, 0.4) is 0 Å². The van der Waals surface area contributed by atoms with Crippen molar-refractivity contribution in [2.24, 2.45) is 0 Å². The Morgan fingerprint density at radius 3 is 2.28 bits per heavy atom. The molecule has 1 aromatic heterocycles. The summed E-state index contributed by atoms with van der Waals surface area (Å²) in [6.07, 6.45) is 0. The molecule has 0 aliphatic carbocycles. The van der Waals surface area contributed by atoms with Crippen molar-refractivity contribution in [1.82, 2.24) is 14.9 Å². The highest BCUT2D eigenvalue weighted by Crippen LogP contribution is 2.23. The Labute approximate surface area is 149 Å². The molecule has 130 valence electrons. The van der Waals surface area contributed by atoms with E-state index in [1.165, 1.54) is 11.1 Å². The lowest BCUT2D eigenvalue weighted by Gasteiger charge is -2.20. The van der Waals surface area contributed by atoms with Gasteiger partial charge in [0.1, 0.15) is 11.6 Å². The molecule has 0 aliphatic rings. The quantitative estimate of drug-likeness (QED) is 0.779. The van der Waals surface area contributed by atoms with Gasteiger partial charge in [0.2, 0.25) is 0 Å². The molecule has 0 spiro atoms. The van der Waals surface area contributed by atoms with E-state index in [2.05, 4.69) is 67.0 Å². The summed E-state index contributed by atoms with van der Waals surface area (Å²) >= 11 is 0. The van der Waals surface area contributed by atoms with Crippen molar-refractivity contribution in [2.45, 2.75) is 39.3 Å². The predicted molar refractivity (Wildman–Crippen MR) is 104 cm³/mol. The maximum absolute atomic E-state index is 6.07. The first-order valence-electron chi connectivity index (χ1n) is 8.62. The molecule has 4 nitrogen and oxygen atoms in total. The van der Waals surface area contributed by atoms with Crippen LogP contribution in [0, 0.1) is 0 Å². The minimum Gasteiger partial charge on any atom is -0.383 e. The van der Waals surface area contributed by atoms with Crippen LogP contribution in [0.25, 0.3) is 10.9 Å². The second kappa shape index (κ2) is 6.81. The second-order valence-corrected chi connectivity index (χ2v) is 7.66. The van der Waals surface area contributed by atoms with Gasteiger partial charge in [0.25, 0.3) is 0 Å². The third kappa shape index (κ3) is 4.15. The summed E-state index contributed by atoms with van der Waals surface area (Å²) in [6.45, 7) is 8.21. The molecule has 2 aromatic carbocycles. The molecule has 0 saturated carbocycles. The maximum Gasteiger partial charge on any atom is 0.145 e. The van der Waals surface area contributed by atoms with Crippen LogP contribution in [0.15, 0.2) is 48.5 Å². The lowest BCUT2D eigenvalue weighted by atomic mass is 9.87. The van der Waals surface area contributed by atoms with Gasteiger partial charge >= 0.3 is 0 Å². The summed E-state index contributed by atoms with van der Waals surface area (Å²) in [5.41, 5.74) is 9.78. The van der Waals surface area contributed by atoms with Crippen LogP contribution in [0.1, 0.15) is 37.7 Å². The van der Waals surface area contributed by atoms with Crippen LogP contribution < -0.4 is 5.73 Å². The van der Waals surface area contributed by atoms with E-state index in [4.69, 9.17) is 5.73 Å². The summed E-state index contributed by atoms with van der Waals surface area (Å²) in [5.74, 6) is 1.30. The SMILES string of the molecule is CN(Cc1ccc(C(C)(C)C)cc1)Cc1nc(N)c2ccccc2n1. The third-order valence-electron chi connectivity index (χ3n) is 4.36. The summed E-state index contributed by atoms with van der Waals surface area (Å²) in [5, 5.41) is 0.909. The minimum absolute atomic E-state index is 0.181. The lowest BCUT2D eigenvalue weighted by molar-refractivity contribution is 0.311. The molecule has 0 atom stereocenters. The smallest absolute Gasteiger partial charge is 0.145 e. The number of hydrogen-bond donors (Lipinski definition) is 1. The zero-order valence-corrected chi connectivity index (χ0v) is 15.5. The summed E-state index contributed by atoms with van der Waals surface area (Å²) in [7, 11) is 2.08. The van der Waals surface area contributed by atoms with Gasteiger partial charge < -0.3 is 5.73 Å². The van der Waals surface area contributed by atoms with Gasteiger partial charge in [-0.25, -0.2) is 9.97 Å². The number of nitrogens with two attached hydrogens (primary N) is 1. The Balaban J connectivity index is 1.71. The number of hydrogen-bond acceptors (Lipinski definition) is 4. The normalized spacial score (nSPS) is 12.0. The van der Waals surface area contributed by atoms with Gasteiger partial charge in [0.15, 0.2) is 0 Å². The van der Waals surface area contributed by atoms with E-state index >= 15 is 0 Å². The fraction of sp³-hybridized carbons (Fsp3) is 0.333.